The highest BCUT2D eigenvalue weighted by atomic mass is 35.7. The van der Waals surface area contributed by atoms with Crippen LogP contribution in [0.5, 0.6) is 0 Å². The van der Waals surface area contributed by atoms with E-state index in [1.807, 2.05) is 6.07 Å². The highest BCUT2D eigenvalue weighted by Gasteiger charge is 2.38. The summed E-state index contributed by atoms with van der Waals surface area (Å²) in [5, 5.41) is -0.888. The lowest BCUT2D eigenvalue weighted by Gasteiger charge is -2.17. The van der Waals surface area contributed by atoms with Gasteiger partial charge in [0.25, 0.3) is 0 Å². The largest absolute Gasteiger partial charge is 0.311 e. The molecule has 1 aromatic rings. The minimum absolute atomic E-state index is 0.0393. The van der Waals surface area contributed by atoms with Crippen LogP contribution in [0.3, 0.4) is 0 Å². The molecule has 1 aliphatic heterocycles. The van der Waals surface area contributed by atoms with Crippen molar-refractivity contribution in [1.82, 2.24) is 0 Å². The summed E-state index contributed by atoms with van der Waals surface area (Å²) >= 11 is 0. The summed E-state index contributed by atoms with van der Waals surface area (Å²) in [4.78, 5) is 25.0. The molecule has 3 rings (SSSR count). The van der Waals surface area contributed by atoms with Crippen molar-refractivity contribution in [3.63, 3.8) is 0 Å². The van der Waals surface area contributed by atoms with E-state index in [4.69, 9.17) is 10.7 Å². The van der Waals surface area contributed by atoms with Gasteiger partial charge in [-0.3, -0.25) is 9.59 Å². The molecule has 0 N–H and O–H groups in total. The van der Waals surface area contributed by atoms with Gasteiger partial charge in [-0.15, -0.1) is 0 Å². The second-order valence-electron chi connectivity index (χ2n) is 5.07. The number of amides is 1. The first-order chi connectivity index (χ1) is 9.36. The summed E-state index contributed by atoms with van der Waals surface area (Å²) in [7, 11) is 1.56. The Balaban J connectivity index is 1.93. The van der Waals surface area contributed by atoms with E-state index in [0.717, 1.165) is 12.0 Å². The summed E-state index contributed by atoms with van der Waals surface area (Å²) in [6.07, 6.45) is 1.10. The Hall–Kier alpha value is -1.40. The first kappa shape index (κ1) is 13.6. The number of hydrogen-bond acceptors (Lipinski definition) is 4. The molecular formula is C13H12ClNO4S. The first-order valence-corrected chi connectivity index (χ1v) is 8.63. The van der Waals surface area contributed by atoms with E-state index in [1.165, 1.54) is 4.90 Å². The third-order valence-corrected chi connectivity index (χ3v) is 5.68. The number of rotatable bonds is 2. The molecule has 0 radical (unpaired) electrons. The molecule has 1 fully saturated rings. The van der Waals surface area contributed by atoms with E-state index >= 15 is 0 Å². The molecule has 2 aliphatic rings. The van der Waals surface area contributed by atoms with Crippen LogP contribution in [0.4, 0.5) is 5.69 Å². The normalized spacial score (nSPS) is 22.4. The summed E-state index contributed by atoms with van der Waals surface area (Å²) in [5.74, 6) is -0.223. The number of halogens is 1. The maximum absolute atomic E-state index is 11.9. The number of fused-ring (bicyclic) bond motifs is 1. The molecule has 1 aromatic carbocycles. The third kappa shape index (κ3) is 2.23. The first-order valence-electron chi connectivity index (χ1n) is 6.26. The van der Waals surface area contributed by atoms with Crippen LogP contribution >= 0.6 is 10.7 Å². The molecule has 0 spiro atoms. The van der Waals surface area contributed by atoms with Crippen molar-refractivity contribution in [2.45, 2.75) is 24.5 Å². The fourth-order valence-corrected chi connectivity index (χ4v) is 3.73. The van der Waals surface area contributed by atoms with Gasteiger partial charge in [0.15, 0.2) is 5.78 Å². The molecule has 0 saturated carbocycles. The monoisotopic (exact) mass is 313 g/mol. The fraction of sp³-hybridized carbons (Fsp3) is 0.385. The zero-order chi connectivity index (χ0) is 14.5. The number of Topliss-reactive ketones (excluding diaryl/α,β-unsaturated/α-hetero) is 1. The highest BCUT2D eigenvalue weighted by Crippen LogP contribution is 2.31. The van der Waals surface area contributed by atoms with Crippen LogP contribution < -0.4 is 4.90 Å². The summed E-state index contributed by atoms with van der Waals surface area (Å²) in [6, 6.07) is 5.25. The molecule has 0 bridgehead atoms. The average molecular weight is 314 g/mol. The number of carbonyl (C=O) groups excluding carboxylic acids is 2. The number of anilines is 1. The molecule has 7 heteroatoms. The van der Waals surface area contributed by atoms with E-state index in [9.17, 15) is 18.0 Å². The van der Waals surface area contributed by atoms with E-state index in [2.05, 4.69) is 0 Å². The van der Waals surface area contributed by atoms with Crippen molar-refractivity contribution in [2.24, 2.45) is 0 Å². The topological polar surface area (TPSA) is 71.5 Å². The van der Waals surface area contributed by atoms with Crippen LogP contribution in [0.25, 0.3) is 0 Å². The van der Waals surface area contributed by atoms with Crippen LogP contribution in [0.15, 0.2) is 18.2 Å². The van der Waals surface area contributed by atoms with Gasteiger partial charge in [0.2, 0.25) is 15.0 Å². The van der Waals surface area contributed by atoms with Crippen molar-refractivity contribution in [3.8, 4) is 0 Å². The Kier molecular flexibility index (Phi) is 3.10. The molecular weight excluding hydrogens is 302 g/mol. The molecule has 1 amide bonds. The smallest absolute Gasteiger partial charge is 0.237 e. The standard InChI is InChI=1S/C13H12ClNO4S/c14-20(18,19)10-6-13(17)15(7-10)9-3-1-8-2-4-12(16)11(8)5-9/h1,3,5,10H,2,4,6-7H2. The van der Waals surface area contributed by atoms with Crippen LogP contribution in [0.2, 0.25) is 0 Å². The molecule has 1 heterocycles. The van der Waals surface area contributed by atoms with Crippen molar-refractivity contribution in [2.75, 3.05) is 11.4 Å². The lowest BCUT2D eigenvalue weighted by molar-refractivity contribution is -0.117. The predicted molar refractivity (Wildman–Crippen MR) is 74.6 cm³/mol. The molecule has 0 aromatic heterocycles. The van der Waals surface area contributed by atoms with Gasteiger partial charge < -0.3 is 4.90 Å². The average Bonchev–Trinajstić information content (AvgIpc) is 2.93. The zero-order valence-electron chi connectivity index (χ0n) is 10.5. The molecule has 1 atom stereocenters. The van der Waals surface area contributed by atoms with Gasteiger partial charge in [-0.2, -0.15) is 0 Å². The minimum Gasteiger partial charge on any atom is -0.311 e. The Bertz CT molecular complexity index is 713. The van der Waals surface area contributed by atoms with Gasteiger partial charge in [0.1, 0.15) is 5.25 Å². The number of benzene rings is 1. The van der Waals surface area contributed by atoms with Crippen LogP contribution in [0, 0.1) is 0 Å². The summed E-state index contributed by atoms with van der Waals surface area (Å²) in [6.45, 7) is 0.0393. The number of hydrogen-bond donors (Lipinski definition) is 0. The summed E-state index contributed by atoms with van der Waals surface area (Å²) in [5.41, 5.74) is 2.17. The fourth-order valence-electron chi connectivity index (χ4n) is 2.71. The minimum atomic E-state index is -3.76. The number of aryl methyl sites for hydroxylation is 1. The zero-order valence-corrected chi connectivity index (χ0v) is 12.1. The van der Waals surface area contributed by atoms with Crippen molar-refractivity contribution >= 4 is 37.1 Å². The second-order valence-corrected chi connectivity index (χ2v) is 7.98. The molecule has 106 valence electrons. The Morgan fingerprint density at radius 3 is 2.60 bits per heavy atom. The Morgan fingerprint density at radius 2 is 1.95 bits per heavy atom. The molecule has 1 saturated heterocycles. The van der Waals surface area contributed by atoms with Crippen LogP contribution in [0.1, 0.15) is 28.8 Å². The van der Waals surface area contributed by atoms with E-state index in [-0.39, 0.29) is 24.7 Å². The Labute approximate surface area is 120 Å². The SMILES string of the molecule is O=C1CCc2ccc(N3CC(S(=O)(=O)Cl)CC3=O)cc21. The number of carbonyl (C=O) groups is 2. The molecule has 20 heavy (non-hydrogen) atoms. The third-order valence-electron chi connectivity index (χ3n) is 3.81. The van der Waals surface area contributed by atoms with E-state index in [1.54, 1.807) is 12.1 Å². The van der Waals surface area contributed by atoms with Crippen LogP contribution in [-0.2, 0) is 20.3 Å². The maximum atomic E-state index is 11.9. The molecule has 5 nitrogen and oxygen atoms in total. The van der Waals surface area contributed by atoms with Gasteiger partial charge in [-0.25, -0.2) is 8.42 Å². The number of nitrogens with zero attached hydrogens (tertiary/aromatic N) is 1. The van der Waals surface area contributed by atoms with Crippen molar-refractivity contribution < 1.29 is 18.0 Å². The molecule has 1 aliphatic carbocycles. The van der Waals surface area contributed by atoms with Gasteiger partial charge in [-0.05, 0) is 24.1 Å². The maximum Gasteiger partial charge on any atom is 0.237 e. The lowest BCUT2D eigenvalue weighted by Crippen LogP contribution is -2.26. The quantitative estimate of drug-likeness (QED) is 0.776. The Morgan fingerprint density at radius 1 is 1.20 bits per heavy atom. The van der Waals surface area contributed by atoms with Gasteiger partial charge in [0.05, 0.1) is 0 Å². The summed E-state index contributed by atoms with van der Waals surface area (Å²) < 4.78 is 22.7. The van der Waals surface area contributed by atoms with Crippen molar-refractivity contribution in [1.29, 1.82) is 0 Å². The molecule has 1 unspecified atom stereocenters. The second kappa shape index (κ2) is 4.56. The van der Waals surface area contributed by atoms with Gasteiger partial charge in [0, 0.05) is 41.3 Å². The van der Waals surface area contributed by atoms with Gasteiger partial charge >= 0.3 is 0 Å². The van der Waals surface area contributed by atoms with Gasteiger partial charge in [-0.1, -0.05) is 6.07 Å². The van der Waals surface area contributed by atoms with E-state index < -0.39 is 14.3 Å². The lowest BCUT2D eigenvalue weighted by atomic mass is 10.1. The van der Waals surface area contributed by atoms with E-state index in [0.29, 0.717) is 17.7 Å². The number of ketones is 1. The highest BCUT2D eigenvalue weighted by molar-refractivity contribution is 8.14. The predicted octanol–water partition coefficient (Wildman–Crippen LogP) is 1.49. The van der Waals surface area contributed by atoms with Crippen molar-refractivity contribution in [3.05, 3.63) is 29.3 Å². The van der Waals surface area contributed by atoms with Crippen LogP contribution in [-0.4, -0.2) is 31.9 Å².